The topological polar surface area (TPSA) is 86.8 Å². The zero-order valence-corrected chi connectivity index (χ0v) is 20.0. The molecule has 2 fully saturated rings. The first-order valence-corrected chi connectivity index (χ1v) is 13.4. The molecule has 7 nitrogen and oxygen atoms in total. The van der Waals surface area contributed by atoms with Gasteiger partial charge < -0.3 is 10.2 Å². The van der Waals surface area contributed by atoms with Crippen molar-refractivity contribution in [3.05, 3.63) is 46.3 Å². The molecule has 1 N–H and O–H groups in total. The van der Waals surface area contributed by atoms with Crippen LogP contribution >= 0.6 is 22.9 Å². The van der Waals surface area contributed by atoms with Crippen LogP contribution in [-0.2, 0) is 26.2 Å². The zero-order valence-electron chi connectivity index (χ0n) is 17.6. The molecular formula is C22H26ClN3O4S2. The average molecular weight is 496 g/mol. The quantitative estimate of drug-likeness (QED) is 0.662. The Hall–Kier alpha value is -1.94. The molecule has 1 aromatic carbocycles. The number of anilines is 1. The van der Waals surface area contributed by atoms with Crippen LogP contribution in [0.25, 0.3) is 0 Å². The number of nitrogens with zero attached hydrogens (tertiary/aromatic N) is 2. The molecule has 2 aliphatic heterocycles. The van der Waals surface area contributed by atoms with E-state index in [1.807, 2.05) is 0 Å². The van der Waals surface area contributed by atoms with Crippen LogP contribution in [0.3, 0.4) is 0 Å². The first kappa shape index (κ1) is 23.2. The van der Waals surface area contributed by atoms with Gasteiger partial charge in [0, 0.05) is 41.6 Å². The van der Waals surface area contributed by atoms with E-state index in [0.717, 1.165) is 30.6 Å². The molecule has 2 aromatic rings. The highest BCUT2D eigenvalue weighted by Gasteiger charge is 2.35. The van der Waals surface area contributed by atoms with Crippen molar-refractivity contribution >= 4 is 50.5 Å². The van der Waals surface area contributed by atoms with E-state index < -0.39 is 15.9 Å². The van der Waals surface area contributed by atoms with Gasteiger partial charge in [0.25, 0.3) is 10.0 Å². The van der Waals surface area contributed by atoms with Gasteiger partial charge in [-0.15, -0.1) is 11.3 Å². The van der Waals surface area contributed by atoms with Crippen molar-refractivity contribution < 1.29 is 18.0 Å². The highest BCUT2D eigenvalue weighted by molar-refractivity contribution is 7.91. The summed E-state index contributed by atoms with van der Waals surface area (Å²) in [7, 11) is -3.49. The molecule has 0 saturated carbocycles. The number of benzene rings is 1. The van der Waals surface area contributed by atoms with E-state index in [1.165, 1.54) is 11.3 Å². The van der Waals surface area contributed by atoms with Crippen LogP contribution in [0, 0.1) is 5.92 Å². The van der Waals surface area contributed by atoms with Crippen molar-refractivity contribution in [1.29, 1.82) is 0 Å². The standard InChI is InChI=1S/C22H26ClN3O4S2/c23-17-6-5-7-18(13-17)26-15-16(12-20(26)27)22(28)24-14-19-8-9-21(31-19)32(29,30)25-10-3-1-2-4-11-25/h5-9,13,16H,1-4,10-12,14-15H2,(H,24,28). The highest BCUT2D eigenvalue weighted by Crippen LogP contribution is 2.29. The number of carbonyl (C=O) groups is 2. The summed E-state index contributed by atoms with van der Waals surface area (Å²) >= 11 is 7.21. The fourth-order valence-corrected chi connectivity index (χ4v) is 7.25. The Morgan fingerprint density at radius 1 is 1.12 bits per heavy atom. The Morgan fingerprint density at radius 3 is 2.59 bits per heavy atom. The van der Waals surface area contributed by atoms with Crippen LogP contribution < -0.4 is 10.2 Å². The summed E-state index contributed by atoms with van der Waals surface area (Å²) in [6.45, 7) is 1.65. The zero-order chi connectivity index (χ0) is 22.7. The number of amides is 2. The minimum absolute atomic E-state index is 0.116. The number of hydrogen-bond acceptors (Lipinski definition) is 5. The number of rotatable bonds is 6. The monoisotopic (exact) mass is 495 g/mol. The summed E-state index contributed by atoms with van der Waals surface area (Å²) in [5.41, 5.74) is 0.680. The number of hydrogen-bond donors (Lipinski definition) is 1. The van der Waals surface area contributed by atoms with Crippen LogP contribution in [0.4, 0.5) is 5.69 Å². The van der Waals surface area contributed by atoms with E-state index >= 15 is 0 Å². The van der Waals surface area contributed by atoms with E-state index in [0.29, 0.717) is 34.6 Å². The van der Waals surface area contributed by atoms with Crippen molar-refractivity contribution in [3.8, 4) is 0 Å². The van der Waals surface area contributed by atoms with E-state index in [-0.39, 0.29) is 24.8 Å². The minimum atomic E-state index is -3.49. The predicted octanol–water partition coefficient (Wildman–Crippen LogP) is 3.64. The molecule has 32 heavy (non-hydrogen) atoms. The lowest BCUT2D eigenvalue weighted by Crippen LogP contribution is -2.32. The van der Waals surface area contributed by atoms with E-state index in [9.17, 15) is 18.0 Å². The van der Waals surface area contributed by atoms with Crippen molar-refractivity contribution in [2.75, 3.05) is 24.5 Å². The smallest absolute Gasteiger partial charge is 0.252 e. The van der Waals surface area contributed by atoms with Gasteiger partial charge in [-0.05, 0) is 43.2 Å². The van der Waals surface area contributed by atoms with Crippen molar-refractivity contribution in [3.63, 3.8) is 0 Å². The molecule has 3 heterocycles. The molecule has 1 atom stereocenters. The van der Waals surface area contributed by atoms with Gasteiger partial charge in [-0.2, -0.15) is 4.31 Å². The number of halogens is 1. The highest BCUT2D eigenvalue weighted by atomic mass is 35.5. The minimum Gasteiger partial charge on any atom is -0.351 e. The molecule has 4 rings (SSSR count). The van der Waals surface area contributed by atoms with E-state index in [1.54, 1.807) is 45.6 Å². The van der Waals surface area contributed by atoms with Gasteiger partial charge in [0.15, 0.2) is 0 Å². The second-order valence-electron chi connectivity index (χ2n) is 8.14. The molecule has 1 aromatic heterocycles. The molecule has 172 valence electrons. The molecule has 2 saturated heterocycles. The van der Waals surface area contributed by atoms with Crippen molar-refractivity contribution in [2.45, 2.75) is 42.9 Å². The molecule has 0 bridgehead atoms. The Kier molecular flexibility index (Phi) is 7.19. The Bertz CT molecular complexity index is 1090. The number of sulfonamides is 1. The maximum atomic E-state index is 12.9. The van der Waals surface area contributed by atoms with E-state index in [4.69, 9.17) is 11.6 Å². The summed E-state index contributed by atoms with van der Waals surface area (Å²) in [6.07, 6.45) is 4.04. The molecule has 0 aliphatic carbocycles. The average Bonchev–Trinajstić information content (AvgIpc) is 3.30. The van der Waals surface area contributed by atoms with Gasteiger partial charge in [-0.3, -0.25) is 9.59 Å². The Labute approximate surface area is 197 Å². The fraction of sp³-hybridized carbons (Fsp3) is 0.455. The third-order valence-electron chi connectivity index (χ3n) is 5.85. The molecule has 2 aliphatic rings. The van der Waals surface area contributed by atoms with Gasteiger partial charge in [0.2, 0.25) is 11.8 Å². The lowest BCUT2D eigenvalue weighted by molar-refractivity contribution is -0.126. The second kappa shape index (κ2) is 9.91. The summed E-state index contributed by atoms with van der Waals surface area (Å²) in [4.78, 5) is 27.4. The number of nitrogens with one attached hydrogen (secondary N) is 1. The van der Waals surface area contributed by atoms with Crippen molar-refractivity contribution in [2.24, 2.45) is 5.92 Å². The van der Waals surface area contributed by atoms with Gasteiger partial charge in [-0.25, -0.2) is 8.42 Å². The molecule has 0 spiro atoms. The summed E-state index contributed by atoms with van der Waals surface area (Å²) in [6, 6.07) is 10.4. The lowest BCUT2D eigenvalue weighted by atomic mass is 10.1. The van der Waals surface area contributed by atoms with Crippen molar-refractivity contribution in [1.82, 2.24) is 9.62 Å². The third-order valence-corrected chi connectivity index (χ3v) is 9.54. The van der Waals surface area contributed by atoms with Crippen LogP contribution in [0.1, 0.15) is 37.0 Å². The third kappa shape index (κ3) is 5.17. The van der Waals surface area contributed by atoms with Gasteiger partial charge in [0.05, 0.1) is 12.5 Å². The molecule has 2 amide bonds. The lowest BCUT2D eigenvalue weighted by Gasteiger charge is -2.18. The largest absolute Gasteiger partial charge is 0.351 e. The Morgan fingerprint density at radius 2 is 1.88 bits per heavy atom. The van der Waals surface area contributed by atoms with Gasteiger partial charge in [0.1, 0.15) is 4.21 Å². The number of thiophene rings is 1. The Balaban J connectivity index is 1.35. The normalized spacial score (nSPS) is 20.3. The summed E-state index contributed by atoms with van der Waals surface area (Å²) in [5, 5.41) is 3.39. The second-order valence-corrected chi connectivity index (χ2v) is 11.9. The van der Waals surface area contributed by atoms with Crippen LogP contribution in [-0.4, -0.2) is 44.2 Å². The first-order valence-electron chi connectivity index (χ1n) is 10.8. The number of carbonyl (C=O) groups excluding carboxylic acids is 2. The maximum Gasteiger partial charge on any atom is 0.252 e. The van der Waals surface area contributed by atoms with Gasteiger partial charge >= 0.3 is 0 Å². The van der Waals surface area contributed by atoms with Crippen LogP contribution in [0.5, 0.6) is 0 Å². The van der Waals surface area contributed by atoms with Crippen LogP contribution in [0.2, 0.25) is 5.02 Å². The predicted molar refractivity (Wildman–Crippen MR) is 125 cm³/mol. The molecule has 0 radical (unpaired) electrons. The van der Waals surface area contributed by atoms with E-state index in [2.05, 4.69) is 5.32 Å². The molecule has 10 heteroatoms. The molecule has 1 unspecified atom stereocenters. The first-order chi connectivity index (χ1) is 15.3. The van der Waals surface area contributed by atoms with Crippen LogP contribution in [0.15, 0.2) is 40.6 Å². The maximum absolute atomic E-state index is 12.9. The molecular weight excluding hydrogens is 470 g/mol. The SMILES string of the molecule is O=C(NCc1ccc(S(=O)(=O)N2CCCCCC2)s1)C1CC(=O)N(c2cccc(Cl)c2)C1. The summed E-state index contributed by atoms with van der Waals surface area (Å²) in [5.74, 6) is -0.788. The fourth-order valence-electron chi connectivity index (χ4n) is 4.10. The van der Waals surface area contributed by atoms with Gasteiger partial charge in [-0.1, -0.05) is 30.5 Å². The summed E-state index contributed by atoms with van der Waals surface area (Å²) < 4.78 is 27.7.